The Labute approximate surface area is 127 Å². The van der Waals surface area contributed by atoms with Crippen LogP contribution in [0.4, 0.5) is 0 Å². The molecule has 1 heterocycles. The van der Waals surface area contributed by atoms with Gasteiger partial charge < -0.3 is 14.5 Å². The first-order chi connectivity index (χ1) is 10.7. The van der Waals surface area contributed by atoms with Crippen LogP contribution >= 0.6 is 0 Å². The fourth-order valence-electron chi connectivity index (χ4n) is 2.30. The molecular weight excluding hydrogens is 280 g/mol. The lowest BCUT2D eigenvalue weighted by Crippen LogP contribution is -2.23. The van der Waals surface area contributed by atoms with Crippen molar-refractivity contribution in [3.63, 3.8) is 0 Å². The summed E-state index contributed by atoms with van der Waals surface area (Å²) in [6, 6.07) is 12.8. The Balaban J connectivity index is 1.74. The Hall–Kier alpha value is -2.82. The van der Waals surface area contributed by atoms with E-state index in [0.717, 1.165) is 16.7 Å². The maximum atomic E-state index is 12.2. The zero-order valence-electron chi connectivity index (χ0n) is 12.4. The molecule has 2 aromatic carbocycles. The summed E-state index contributed by atoms with van der Waals surface area (Å²) >= 11 is 0. The summed E-state index contributed by atoms with van der Waals surface area (Å²) in [5.41, 5.74) is 3.01. The molecule has 1 aromatic heterocycles. The van der Waals surface area contributed by atoms with Gasteiger partial charge >= 0.3 is 0 Å². The van der Waals surface area contributed by atoms with Gasteiger partial charge in [0.1, 0.15) is 11.3 Å². The van der Waals surface area contributed by atoms with Gasteiger partial charge in [-0.1, -0.05) is 18.2 Å². The Morgan fingerprint density at radius 1 is 1.27 bits per heavy atom. The molecular formula is C17H16N2O3. The quantitative estimate of drug-likeness (QED) is 0.803. The largest absolute Gasteiger partial charge is 0.496 e. The normalized spacial score (nSPS) is 10.6. The second-order valence-corrected chi connectivity index (χ2v) is 4.92. The van der Waals surface area contributed by atoms with Gasteiger partial charge in [-0.3, -0.25) is 4.79 Å². The van der Waals surface area contributed by atoms with E-state index in [4.69, 9.17) is 9.15 Å². The van der Waals surface area contributed by atoms with E-state index < -0.39 is 0 Å². The molecule has 1 N–H and O–H groups in total. The number of oxazole rings is 1. The van der Waals surface area contributed by atoms with Crippen LogP contribution in [0.25, 0.3) is 11.1 Å². The lowest BCUT2D eigenvalue weighted by molar-refractivity contribution is 0.0948. The topological polar surface area (TPSA) is 64.4 Å². The van der Waals surface area contributed by atoms with Crippen molar-refractivity contribution in [3.8, 4) is 5.75 Å². The van der Waals surface area contributed by atoms with Crippen molar-refractivity contribution in [2.75, 3.05) is 7.11 Å². The van der Waals surface area contributed by atoms with Gasteiger partial charge in [-0.2, -0.15) is 0 Å². The maximum Gasteiger partial charge on any atom is 0.255 e. The molecule has 3 aromatic rings. The first-order valence-electron chi connectivity index (χ1n) is 6.94. The van der Waals surface area contributed by atoms with Crippen molar-refractivity contribution in [1.29, 1.82) is 0 Å². The maximum absolute atomic E-state index is 12.2. The Morgan fingerprint density at radius 2 is 2.09 bits per heavy atom. The average Bonchev–Trinajstić information content (AvgIpc) is 2.91. The molecule has 112 valence electrons. The highest BCUT2D eigenvalue weighted by Gasteiger charge is 2.11. The number of hydrogen-bond donors (Lipinski definition) is 1. The molecule has 0 spiro atoms. The van der Waals surface area contributed by atoms with Crippen LogP contribution in [0.15, 0.2) is 46.9 Å². The fraction of sp³-hybridized carbons (Fsp3) is 0.176. The standard InChI is InChI=1S/C17H16N2O3/c1-11-19-14-8-7-12(9-16(14)22-11)10-18-17(20)13-5-3-4-6-15(13)21-2/h3-9H,10H2,1-2H3,(H,18,20). The zero-order valence-corrected chi connectivity index (χ0v) is 12.4. The summed E-state index contributed by atoms with van der Waals surface area (Å²) in [5, 5.41) is 2.88. The third kappa shape index (κ3) is 2.79. The second kappa shape index (κ2) is 5.89. The van der Waals surface area contributed by atoms with Gasteiger partial charge in [0.15, 0.2) is 11.5 Å². The van der Waals surface area contributed by atoms with E-state index in [-0.39, 0.29) is 5.91 Å². The molecule has 0 atom stereocenters. The number of carbonyl (C=O) groups excluding carboxylic acids is 1. The van der Waals surface area contributed by atoms with Crippen molar-refractivity contribution < 1.29 is 13.9 Å². The van der Waals surface area contributed by atoms with E-state index in [2.05, 4.69) is 10.3 Å². The highest BCUT2D eigenvalue weighted by molar-refractivity contribution is 5.96. The number of aryl methyl sites for hydroxylation is 1. The SMILES string of the molecule is COc1ccccc1C(=O)NCc1ccc2nc(C)oc2c1. The van der Waals surface area contributed by atoms with Crippen molar-refractivity contribution in [3.05, 3.63) is 59.5 Å². The van der Waals surface area contributed by atoms with Gasteiger partial charge in [0, 0.05) is 13.5 Å². The van der Waals surface area contributed by atoms with Crippen molar-refractivity contribution >= 4 is 17.0 Å². The van der Waals surface area contributed by atoms with Crippen molar-refractivity contribution in [2.45, 2.75) is 13.5 Å². The minimum Gasteiger partial charge on any atom is -0.496 e. The molecule has 5 heteroatoms. The summed E-state index contributed by atoms with van der Waals surface area (Å²) < 4.78 is 10.7. The van der Waals surface area contributed by atoms with Gasteiger partial charge in [-0.05, 0) is 29.8 Å². The van der Waals surface area contributed by atoms with E-state index in [1.54, 1.807) is 25.3 Å². The molecule has 0 saturated carbocycles. The highest BCUT2D eigenvalue weighted by atomic mass is 16.5. The number of benzene rings is 2. The minimum absolute atomic E-state index is 0.175. The number of methoxy groups -OCH3 is 1. The predicted molar refractivity (Wildman–Crippen MR) is 82.9 cm³/mol. The number of aromatic nitrogens is 1. The van der Waals surface area contributed by atoms with Crippen LogP contribution in [-0.4, -0.2) is 18.0 Å². The number of para-hydroxylation sites is 1. The summed E-state index contributed by atoms with van der Waals surface area (Å²) in [5.74, 6) is 1.01. The first kappa shape index (κ1) is 14.1. The van der Waals surface area contributed by atoms with E-state index in [0.29, 0.717) is 23.7 Å². The number of nitrogens with zero attached hydrogens (tertiary/aromatic N) is 1. The summed E-state index contributed by atoms with van der Waals surface area (Å²) in [6.45, 7) is 2.22. The molecule has 3 rings (SSSR count). The van der Waals surface area contributed by atoms with Crippen LogP contribution in [0.5, 0.6) is 5.75 Å². The molecule has 1 amide bonds. The number of fused-ring (bicyclic) bond motifs is 1. The van der Waals surface area contributed by atoms with Crippen molar-refractivity contribution in [2.24, 2.45) is 0 Å². The number of nitrogens with one attached hydrogen (secondary N) is 1. The van der Waals surface area contributed by atoms with Crippen LogP contribution in [-0.2, 0) is 6.54 Å². The molecule has 0 fully saturated rings. The lowest BCUT2D eigenvalue weighted by atomic mass is 10.1. The van der Waals surface area contributed by atoms with Crippen LogP contribution in [0.3, 0.4) is 0 Å². The van der Waals surface area contributed by atoms with E-state index >= 15 is 0 Å². The summed E-state index contributed by atoms with van der Waals surface area (Å²) in [6.07, 6.45) is 0. The second-order valence-electron chi connectivity index (χ2n) is 4.92. The molecule has 0 unspecified atom stereocenters. The third-order valence-corrected chi connectivity index (χ3v) is 3.36. The van der Waals surface area contributed by atoms with E-state index in [1.807, 2.05) is 31.2 Å². The monoisotopic (exact) mass is 296 g/mol. The first-order valence-corrected chi connectivity index (χ1v) is 6.94. The number of hydrogen-bond acceptors (Lipinski definition) is 4. The Kier molecular flexibility index (Phi) is 3.78. The van der Waals surface area contributed by atoms with E-state index in [1.165, 1.54) is 0 Å². The molecule has 22 heavy (non-hydrogen) atoms. The molecule has 0 radical (unpaired) electrons. The highest BCUT2D eigenvalue weighted by Crippen LogP contribution is 2.18. The number of carbonyl (C=O) groups is 1. The molecule has 0 aliphatic rings. The van der Waals surface area contributed by atoms with Crippen LogP contribution in [0.2, 0.25) is 0 Å². The summed E-state index contributed by atoms with van der Waals surface area (Å²) in [7, 11) is 1.55. The third-order valence-electron chi connectivity index (χ3n) is 3.36. The zero-order chi connectivity index (χ0) is 15.5. The average molecular weight is 296 g/mol. The lowest BCUT2D eigenvalue weighted by Gasteiger charge is -2.09. The van der Waals surface area contributed by atoms with Gasteiger partial charge in [0.25, 0.3) is 5.91 Å². The molecule has 0 aliphatic carbocycles. The van der Waals surface area contributed by atoms with E-state index in [9.17, 15) is 4.79 Å². The number of amides is 1. The smallest absolute Gasteiger partial charge is 0.255 e. The minimum atomic E-state index is -0.175. The van der Waals surface area contributed by atoms with Crippen LogP contribution in [0, 0.1) is 6.92 Å². The summed E-state index contributed by atoms with van der Waals surface area (Å²) in [4.78, 5) is 16.5. The molecule has 0 bridgehead atoms. The van der Waals surface area contributed by atoms with Gasteiger partial charge in [-0.25, -0.2) is 4.98 Å². The Bertz CT molecular complexity index is 824. The number of rotatable bonds is 4. The number of ether oxygens (including phenoxy) is 1. The molecule has 0 aliphatic heterocycles. The Morgan fingerprint density at radius 3 is 2.91 bits per heavy atom. The van der Waals surface area contributed by atoms with Crippen LogP contribution < -0.4 is 10.1 Å². The fourth-order valence-corrected chi connectivity index (χ4v) is 2.30. The molecule has 0 saturated heterocycles. The van der Waals surface area contributed by atoms with Crippen molar-refractivity contribution in [1.82, 2.24) is 10.3 Å². The predicted octanol–water partition coefficient (Wildman–Crippen LogP) is 3.07. The molecule has 5 nitrogen and oxygen atoms in total. The van der Waals surface area contributed by atoms with Crippen LogP contribution in [0.1, 0.15) is 21.8 Å². The van der Waals surface area contributed by atoms with Gasteiger partial charge in [-0.15, -0.1) is 0 Å². The van der Waals surface area contributed by atoms with Gasteiger partial charge in [0.2, 0.25) is 0 Å². The van der Waals surface area contributed by atoms with Gasteiger partial charge in [0.05, 0.1) is 12.7 Å².